The van der Waals surface area contributed by atoms with Crippen molar-refractivity contribution in [2.24, 2.45) is 0 Å². The van der Waals surface area contributed by atoms with Gasteiger partial charge in [0.15, 0.2) is 0 Å². The van der Waals surface area contributed by atoms with Gasteiger partial charge >= 0.3 is 0 Å². The monoisotopic (exact) mass is 320 g/mol. The van der Waals surface area contributed by atoms with Gasteiger partial charge in [0.25, 0.3) is 0 Å². The molecule has 1 rings (SSSR count). The summed E-state index contributed by atoms with van der Waals surface area (Å²) in [7, 11) is -4.26. The van der Waals surface area contributed by atoms with Gasteiger partial charge in [-0.15, -0.1) is 0 Å². The number of ether oxygens (including phenoxy) is 1. The van der Waals surface area contributed by atoms with Crippen molar-refractivity contribution in [1.29, 1.82) is 0 Å². The fraction of sp³-hybridized carbons (Fsp3) is 0.500. The van der Waals surface area contributed by atoms with Gasteiger partial charge in [0, 0.05) is 41.1 Å². The number of rotatable bonds is 9. The van der Waals surface area contributed by atoms with E-state index in [4.69, 9.17) is 10.5 Å². The highest BCUT2D eigenvalue weighted by atomic mass is 32.2. The van der Waals surface area contributed by atoms with E-state index in [1.807, 2.05) is 0 Å². The summed E-state index contributed by atoms with van der Waals surface area (Å²) in [6.45, 7) is 0.346. The zero-order valence-electron chi connectivity index (χ0n) is 11.4. The van der Waals surface area contributed by atoms with Gasteiger partial charge in [0.2, 0.25) is 10.0 Å². The van der Waals surface area contributed by atoms with Crippen LogP contribution in [0.25, 0.3) is 0 Å². The maximum atomic E-state index is 11.6. The maximum absolute atomic E-state index is 11.6. The first-order valence-electron chi connectivity index (χ1n) is 6.15. The molecule has 114 valence electrons. The van der Waals surface area contributed by atoms with Crippen LogP contribution in [-0.4, -0.2) is 43.5 Å². The Morgan fingerprint density at radius 3 is 2.80 bits per heavy atom. The Bertz CT molecular complexity index is 546. The van der Waals surface area contributed by atoms with Crippen LogP contribution in [0.5, 0.6) is 5.75 Å². The third-order valence-electron chi connectivity index (χ3n) is 2.41. The summed E-state index contributed by atoms with van der Waals surface area (Å²) in [6, 6.07) is 6.81. The van der Waals surface area contributed by atoms with E-state index in [-0.39, 0.29) is 12.4 Å². The van der Waals surface area contributed by atoms with Crippen molar-refractivity contribution < 1.29 is 17.4 Å². The summed E-state index contributed by atoms with van der Waals surface area (Å²) in [5, 5.41) is 0. The van der Waals surface area contributed by atoms with Crippen LogP contribution < -0.4 is 15.2 Å². The number of benzene rings is 1. The summed E-state index contributed by atoms with van der Waals surface area (Å²) < 4.78 is 41.9. The molecule has 1 unspecified atom stereocenters. The Kier molecular flexibility index (Phi) is 6.97. The number of anilines is 1. The highest BCUT2D eigenvalue weighted by molar-refractivity contribution is 7.89. The minimum absolute atomic E-state index is 0.0541. The predicted molar refractivity (Wildman–Crippen MR) is 81.7 cm³/mol. The van der Waals surface area contributed by atoms with Gasteiger partial charge < -0.3 is 10.5 Å². The largest absolute Gasteiger partial charge is 0.492 e. The van der Waals surface area contributed by atoms with Crippen molar-refractivity contribution in [2.45, 2.75) is 6.42 Å². The molecule has 20 heavy (non-hydrogen) atoms. The first-order chi connectivity index (χ1) is 9.39. The van der Waals surface area contributed by atoms with E-state index in [9.17, 15) is 12.6 Å². The van der Waals surface area contributed by atoms with E-state index < -0.39 is 20.8 Å². The third kappa shape index (κ3) is 7.46. The molecule has 6 nitrogen and oxygen atoms in total. The highest BCUT2D eigenvalue weighted by Gasteiger charge is 2.09. The molecule has 0 bridgehead atoms. The van der Waals surface area contributed by atoms with Gasteiger partial charge in [-0.3, -0.25) is 4.21 Å². The molecule has 0 heterocycles. The highest BCUT2D eigenvalue weighted by Crippen LogP contribution is 2.14. The van der Waals surface area contributed by atoms with Crippen LogP contribution in [0.4, 0.5) is 5.69 Å². The zero-order valence-corrected chi connectivity index (χ0v) is 13.0. The van der Waals surface area contributed by atoms with Gasteiger partial charge in [0.1, 0.15) is 12.4 Å². The van der Waals surface area contributed by atoms with E-state index in [1.165, 1.54) is 0 Å². The lowest BCUT2D eigenvalue weighted by atomic mass is 10.3. The Labute approximate surface area is 122 Å². The van der Waals surface area contributed by atoms with Crippen molar-refractivity contribution in [1.82, 2.24) is 4.72 Å². The van der Waals surface area contributed by atoms with Crippen molar-refractivity contribution in [3.63, 3.8) is 0 Å². The molecular formula is C12H20N2O4S2. The van der Waals surface area contributed by atoms with Crippen LogP contribution >= 0.6 is 0 Å². The Morgan fingerprint density at radius 1 is 1.40 bits per heavy atom. The molecule has 0 saturated heterocycles. The Balaban J connectivity index is 2.27. The lowest BCUT2D eigenvalue weighted by Gasteiger charge is -2.08. The molecule has 1 aromatic rings. The SMILES string of the molecule is CS(=O)CCCNS(=O)(=O)CCOc1cccc(N)c1. The fourth-order valence-corrected chi connectivity index (χ4v) is 2.90. The van der Waals surface area contributed by atoms with E-state index in [0.29, 0.717) is 30.2 Å². The smallest absolute Gasteiger partial charge is 0.214 e. The number of nitrogen functional groups attached to an aromatic ring is 1. The summed E-state index contributed by atoms with van der Waals surface area (Å²) in [5.41, 5.74) is 6.15. The molecule has 8 heteroatoms. The summed E-state index contributed by atoms with van der Waals surface area (Å²) >= 11 is 0. The Morgan fingerprint density at radius 2 is 2.15 bits per heavy atom. The van der Waals surface area contributed by atoms with E-state index in [1.54, 1.807) is 30.5 Å². The van der Waals surface area contributed by atoms with Gasteiger partial charge in [-0.2, -0.15) is 0 Å². The standard InChI is InChI=1S/C12H20N2O4S2/c1-19(15)8-3-6-14-20(16,17)9-7-18-12-5-2-4-11(13)10-12/h2,4-5,10,14H,3,6-9,13H2,1H3. The summed E-state index contributed by atoms with van der Waals surface area (Å²) in [5.74, 6) is 0.904. The second kappa shape index (κ2) is 8.23. The van der Waals surface area contributed by atoms with Gasteiger partial charge in [0.05, 0.1) is 5.75 Å². The minimum atomic E-state index is -3.36. The first-order valence-corrected chi connectivity index (χ1v) is 9.53. The quantitative estimate of drug-likeness (QED) is 0.505. The predicted octanol–water partition coefficient (Wildman–Crippen LogP) is 0.336. The normalized spacial score (nSPS) is 13.1. The van der Waals surface area contributed by atoms with E-state index in [2.05, 4.69) is 4.72 Å². The lowest BCUT2D eigenvalue weighted by Crippen LogP contribution is -2.30. The maximum Gasteiger partial charge on any atom is 0.214 e. The minimum Gasteiger partial charge on any atom is -0.492 e. The molecule has 0 aliphatic rings. The second-order valence-corrected chi connectivity index (χ2v) is 7.75. The average molecular weight is 320 g/mol. The average Bonchev–Trinajstić information content (AvgIpc) is 2.34. The number of nitrogens with two attached hydrogens (primary N) is 1. The fourth-order valence-electron chi connectivity index (χ4n) is 1.45. The van der Waals surface area contributed by atoms with Crippen molar-refractivity contribution in [2.75, 3.05) is 36.6 Å². The van der Waals surface area contributed by atoms with Gasteiger partial charge in [-0.05, 0) is 18.6 Å². The second-order valence-electron chi connectivity index (χ2n) is 4.27. The Hall–Kier alpha value is -1.12. The third-order valence-corrected chi connectivity index (χ3v) is 4.62. The van der Waals surface area contributed by atoms with Crippen molar-refractivity contribution in [3.05, 3.63) is 24.3 Å². The molecular weight excluding hydrogens is 300 g/mol. The zero-order chi connectivity index (χ0) is 15.0. The van der Waals surface area contributed by atoms with Crippen LogP contribution in [0.1, 0.15) is 6.42 Å². The number of nitrogens with one attached hydrogen (secondary N) is 1. The molecule has 1 aromatic carbocycles. The molecule has 0 aliphatic carbocycles. The summed E-state index contributed by atoms with van der Waals surface area (Å²) in [4.78, 5) is 0. The molecule has 0 radical (unpaired) electrons. The molecule has 1 atom stereocenters. The molecule has 3 N–H and O–H groups in total. The first kappa shape index (κ1) is 16.9. The molecule has 0 spiro atoms. The van der Waals surface area contributed by atoms with Crippen molar-refractivity contribution in [3.8, 4) is 5.75 Å². The lowest BCUT2D eigenvalue weighted by molar-refractivity contribution is 0.340. The molecule has 0 amide bonds. The van der Waals surface area contributed by atoms with E-state index in [0.717, 1.165) is 0 Å². The topological polar surface area (TPSA) is 98.5 Å². The van der Waals surface area contributed by atoms with Crippen molar-refractivity contribution >= 4 is 26.5 Å². The molecule has 0 saturated carbocycles. The van der Waals surface area contributed by atoms with Crippen LogP contribution in [-0.2, 0) is 20.8 Å². The van der Waals surface area contributed by atoms with Gasteiger partial charge in [-0.1, -0.05) is 6.07 Å². The molecule has 0 aliphatic heterocycles. The van der Waals surface area contributed by atoms with Crippen LogP contribution in [0.15, 0.2) is 24.3 Å². The number of hydrogen-bond donors (Lipinski definition) is 2. The van der Waals surface area contributed by atoms with Crippen LogP contribution in [0.3, 0.4) is 0 Å². The van der Waals surface area contributed by atoms with Gasteiger partial charge in [-0.25, -0.2) is 13.1 Å². The number of sulfonamides is 1. The van der Waals surface area contributed by atoms with Crippen LogP contribution in [0, 0.1) is 0 Å². The van der Waals surface area contributed by atoms with Crippen LogP contribution in [0.2, 0.25) is 0 Å². The summed E-state index contributed by atoms with van der Waals surface area (Å²) in [6.07, 6.45) is 2.15. The molecule has 0 fully saturated rings. The van der Waals surface area contributed by atoms with E-state index >= 15 is 0 Å². The number of hydrogen-bond acceptors (Lipinski definition) is 5. The molecule has 0 aromatic heterocycles.